The van der Waals surface area contributed by atoms with Crippen LogP contribution in [0.15, 0.2) is 48.7 Å². The molecule has 0 bridgehead atoms. The van der Waals surface area contributed by atoms with Crippen molar-refractivity contribution in [2.75, 3.05) is 0 Å². The quantitative estimate of drug-likeness (QED) is 0.887. The molecule has 1 amide bonds. The van der Waals surface area contributed by atoms with Crippen molar-refractivity contribution in [3.8, 4) is 0 Å². The van der Waals surface area contributed by atoms with Gasteiger partial charge in [0.2, 0.25) is 0 Å². The molecule has 0 fully saturated rings. The third-order valence-electron chi connectivity index (χ3n) is 2.88. The number of nitrogens with one attached hydrogen (secondary N) is 1. The highest BCUT2D eigenvalue weighted by atomic mass is 35.5. The zero-order valence-electron chi connectivity index (χ0n) is 11.0. The number of benzene rings is 1. The number of carboxylic acid groups (broad SMARTS) is 1. The lowest BCUT2D eigenvalue weighted by atomic mass is 10.1. The lowest BCUT2D eigenvalue weighted by Crippen LogP contribution is -2.42. The number of hydrogen-bond acceptors (Lipinski definition) is 3. The molecule has 2 aromatic rings. The highest BCUT2D eigenvalue weighted by Gasteiger charge is 2.22. The third kappa shape index (κ3) is 4.03. The minimum absolute atomic E-state index is 0.105. The topological polar surface area (TPSA) is 79.3 Å². The van der Waals surface area contributed by atoms with Gasteiger partial charge in [-0.05, 0) is 23.8 Å². The van der Waals surface area contributed by atoms with Crippen LogP contribution < -0.4 is 5.32 Å². The molecule has 0 aliphatic carbocycles. The fourth-order valence-electron chi connectivity index (χ4n) is 1.81. The first-order valence-electron chi connectivity index (χ1n) is 6.26. The van der Waals surface area contributed by atoms with Crippen molar-refractivity contribution in [1.82, 2.24) is 10.3 Å². The van der Waals surface area contributed by atoms with Crippen LogP contribution in [0.25, 0.3) is 0 Å². The van der Waals surface area contributed by atoms with E-state index in [-0.39, 0.29) is 12.1 Å². The number of carbonyl (C=O) groups is 2. The molecule has 21 heavy (non-hydrogen) atoms. The Hall–Kier alpha value is -2.40. The van der Waals surface area contributed by atoms with Gasteiger partial charge in [-0.3, -0.25) is 9.78 Å². The molecule has 5 nitrogen and oxygen atoms in total. The Morgan fingerprint density at radius 1 is 1.19 bits per heavy atom. The first-order valence-corrected chi connectivity index (χ1v) is 6.64. The maximum atomic E-state index is 12.0. The Labute approximate surface area is 126 Å². The van der Waals surface area contributed by atoms with Gasteiger partial charge in [-0.25, -0.2) is 4.79 Å². The molecule has 0 radical (unpaired) electrons. The number of rotatable bonds is 5. The monoisotopic (exact) mass is 304 g/mol. The SMILES string of the molecule is O=C(N[C@@H](Cc1ccccc1Cl)C(=O)O)c1ccccn1. The summed E-state index contributed by atoms with van der Waals surface area (Å²) < 4.78 is 0. The maximum Gasteiger partial charge on any atom is 0.326 e. The number of halogens is 1. The van der Waals surface area contributed by atoms with Crippen molar-refractivity contribution in [3.05, 3.63) is 64.9 Å². The number of hydrogen-bond donors (Lipinski definition) is 2. The Balaban J connectivity index is 2.12. The lowest BCUT2D eigenvalue weighted by Gasteiger charge is -2.15. The summed E-state index contributed by atoms with van der Waals surface area (Å²) in [5.41, 5.74) is 0.829. The van der Waals surface area contributed by atoms with Crippen LogP contribution in [-0.4, -0.2) is 28.0 Å². The second-order valence-corrected chi connectivity index (χ2v) is 4.78. The van der Waals surface area contributed by atoms with E-state index in [1.165, 1.54) is 12.3 Å². The fourth-order valence-corrected chi connectivity index (χ4v) is 2.03. The number of pyridine rings is 1. The third-order valence-corrected chi connectivity index (χ3v) is 3.25. The largest absolute Gasteiger partial charge is 0.480 e. The molecular weight excluding hydrogens is 292 g/mol. The number of nitrogens with zero attached hydrogens (tertiary/aromatic N) is 1. The number of aliphatic carboxylic acids is 1. The fraction of sp³-hybridized carbons (Fsp3) is 0.133. The van der Waals surface area contributed by atoms with Gasteiger partial charge in [0.25, 0.3) is 5.91 Å². The summed E-state index contributed by atoms with van der Waals surface area (Å²) in [5.74, 6) is -1.66. The van der Waals surface area contributed by atoms with Crippen LogP contribution in [0, 0.1) is 0 Å². The summed E-state index contributed by atoms with van der Waals surface area (Å²) >= 11 is 6.01. The molecule has 6 heteroatoms. The number of carboxylic acids is 1. The van der Waals surface area contributed by atoms with E-state index in [1.54, 1.807) is 36.4 Å². The van der Waals surface area contributed by atoms with E-state index >= 15 is 0 Å². The van der Waals surface area contributed by atoms with Gasteiger partial charge in [0.1, 0.15) is 11.7 Å². The predicted octanol–water partition coefficient (Wildman–Crippen LogP) is 2.16. The molecule has 0 unspecified atom stereocenters. The minimum atomic E-state index is -1.13. The average Bonchev–Trinajstić information content (AvgIpc) is 2.49. The van der Waals surface area contributed by atoms with Crippen LogP contribution in [0.1, 0.15) is 16.1 Å². The Morgan fingerprint density at radius 2 is 1.90 bits per heavy atom. The van der Waals surface area contributed by atoms with Crippen LogP contribution in [-0.2, 0) is 11.2 Å². The second-order valence-electron chi connectivity index (χ2n) is 4.37. The lowest BCUT2D eigenvalue weighted by molar-refractivity contribution is -0.139. The van der Waals surface area contributed by atoms with E-state index in [9.17, 15) is 14.7 Å². The second kappa shape index (κ2) is 6.85. The van der Waals surface area contributed by atoms with Crippen LogP contribution >= 0.6 is 11.6 Å². The molecule has 1 atom stereocenters. The summed E-state index contributed by atoms with van der Waals surface area (Å²) in [4.78, 5) is 27.2. The first-order chi connectivity index (χ1) is 10.1. The smallest absolute Gasteiger partial charge is 0.326 e. The van der Waals surface area contributed by atoms with E-state index in [2.05, 4.69) is 10.3 Å². The first kappa shape index (κ1) is 15.0. The standard InChI is InChI=1S/C15H13ClN2O3/c16-11-6-2-1-5-10(11)9-13(15(20)21)18-14(19)12-7-3-4-8-17-12/h1-8,13H,9H2,(H,18,19)(H,20,21)/t13-/m0/s1. The summed E-state index contributed by atoms with van der Waals surface area (Å²) in [6.07, 6.45) is 1.58. The van der Waals surface area contributed by atoms with Gasteiger partial charge in [-0.15, -0.1) is 0 Å². The van der Waals surface area contributed by atoms with E-state index < -0.39 is 17.9 Å². The number of carbonyl (C=O) groups excluding carboxylic acids is 1. The van der Waals surface area contributed by atoms with Gasteiger partial charge in [0.05, 0.1) is 0 Å². The van der Waals surface area contributed by atoms with E-state index in [4.69, 9.17) is 11.6 Å². The molecule has 108 valence electrons. The van der Waals surface area contributed by atoms with Gasteiger partial charge in [-0.1, -0.05) is 35.9 Å². The predicted molar refractivity (Wildman–Crippen MR) is 78.3 cm³/mol. The summed E-state index contributed by atoms with van der Waals surface area (Å²) in [6.45, 7) is 0. The Morgan fingerprint density at radius 3 is 2.52 bits per heavy atom. The zero-order valence-corrected chi connectivity index (χ0v) is 11.7. The molecule has 1 aromatic carbocycles. The van der Waals surface area contributed by atoms with Gasteiger partial charge >= 0.3 is 5.97 Å². The number of aromatic nitrogens is 1. The average molecular weight is 305 g/mol. The molecule has 0 aliphatic heterocycles. The molecule has 0 spiro atoms. The minimum Gasteiger partial charge on any atom is -0.480 e. The molecule has 2 N–H and O–H groups in total. The molecule has 0 saturated heterocycles. The van der Waals surface area contributed by atoms with E-state index in [0.29, 0.717) is 10.6 Å². The van der Waals surface area contributed by atoms with Crippen molar-refractivity contribution < 1.29 is 14.7 Å². The molecule has 1 aromatic heterocycles. The van der Waals surface area contributed by atoms with Gasteiger partial charge in [0.15, 0.2) is 0 Å². The molecule has 2 rings (SSSR count). The van der Waals surface area contributed by atoms with Crippen molar-refractivity contribution >= 4 is 23.5 Å². The van der Waals surface area contributed by atoms with Crippen molar-refractivity contribution in [2.45, 2.75) is 12.5 Å². The van der Waals surface area contributed by atoms with Crippen molar-refractivity contribution in [1.29, 1.82) is 0 Å². The number of amides is 1. The molecular formula is C15H13ClN2O3. The van der Waals surface area contributed by atoms with Gasteiger partial charge < -0.3 is 10.4 Å². The summed E-state index contributed by atoms with van der Waals surface area (Å²) in [6, 6.07) is 10.7. The summed E-state index contributed by atoms with van der Waals surface area (Å²) in [7, 11) is 0. The molecule has 0 saturated carbocycles. The Bertz CT molecular complexity index is 646. The zero-order chi connectivity index (χ0) is 15.2. The van der Waals surface area contributed by atoms with Crippen LogP contribution in [0.5, 0.6) is 0 Å². The van der Waals surface area contributed by atoms with Crippen molar-refractivity contribution in [2.24, 2.45) is 0 Å². The summed E-state index contributed by atoms with van der Waals surface area (Å²) in [5, 5.41) is 12.2. The van der Waals surface area contributed by atoms with E-state index in [1.807, 2.05) is 0 Å². The van der Waals surface area contributed by atoms with Crippen LogP contribution in [0.3, 0.4) is 0 Å². The highest BCUT2D eigenvalue weighted by Crippen LogP contribution is 2.16. The van der Waals surface area contributed by atoms with E-state index in [0.717, 1.165) is 0 Å². The van der Waals surface area contributed by atoms with Gasteiger partial charge in [-0.2, -0.15) is 0 Å². The highest BCUT2D eigenvalue weighted by molar-refractivity contribution is 6.31. The van der Waals surface area contributed by atoms with Crippen LogP contribution in [0.2, 0.25) is 5.02 Å². The molecule has 0 aliphatic rings. The van der Waals surface area contributed by atoms with Gasteiger partial charge in [0, 0.05) is 17.6 Å². The molecule has 1 heterocycles. The normalized spacial score (nSPS) is 11.7. The Kier molecular flexibility index (Phi) is 4.90. The maximum absolute atomic E-state index is 12.0. The van der Waals surface area contributed by atoms with Crippen molar-refractivity contribution in [3.63, 3.8) is 0 Å². The van der Waals surface area contributed by atoms with Crippen LogP contribution in [0.4, 0.5) is 0 Å².